The molecule has 1 atom stereocenters. The van der Waals surface area contributed by atoms with E-state index in [0.29, 0.717) is 17.4 Å². The summed E-state index contributed by atoms with van der Waals surface area (Å²) in [7, 11) is 3.40. The number of nitrogens with one attached hydrogen (secondary N) is 1. The molecule has 0 aliphatic carbocycles. The second-order valence-corrected chi connectivity index (χ2v) is 6.61. The second kappa shape index (κ2) is 7.58. The van der Waals surface area contributed by atoms with Gasteiger partial charge in [0.25, 0.3) is 5.56 Å². The molecule has 2 aromatic rings. The van der Waals surface area contributed by atoms with Crippen molar-refractivity contribution in [2.75, 3.05) is 25.0 Å². The molecule has 1 saturated heterocycles. The molecule has 0 saturated carbocycles. The second-order valence-electron chi connectivity index (χ2n) is 6.61. The fourth-order valence-corrected chi connectivity index (χ4v) is 3.43. The molecule has 1 aromatic heterocycles. The molecule has 0 bridgehead atoms. The van der Waals surface area contributed by atoms with Crippen molar-refractivity contribution in [2.24, 2.45) is 7.05 Å². The first-order valence-corrected chi connectivity index (χ1v) is 8.76. The molecule has 1 aliphatic heterocycles. The first-order chi connectivity index (χ1) is 12.5. The quantitative estimate of drug-likeness (QED) is 0.873. The van der Waals surface area contributed by atoms with Crippen molar-refractivity contribution >= 4 is 5.82 Å². The van der Waals surface area contributed by atoms with E-state index in [2.05, 4.69) is 16.3 Å². The number of piperidine rings is 1. The predicted octanol–water partition coefficient (Wildman–Crippen LogP) is 0.655. The number of hydrogen-bond acceptors (Lipinski definition) is 5. The van der Waals surface area contributed by atoms with E-state index in [9.17, 15) is 14.9 Å². The standard InChI is InChI=1S/C19H23N5O2/c1-21-16-8-5-9-23(13-16)17-10-18(25)22(2)19(26)24(17)12-15-7-4-3-6-14(15)11-20/h3-4,6-7,10,16,21H,5,8-9,12-13H2,1-2H3. The van der Waals surface area contributed by atoms with Gasteiger partial charge in [0, 0.05) is 32.2 Å². The number of nitriles is 1. The molecular formula is C19H23N5O2. The number of likely N-dealkylation sites (N-methyl/N-ethyl adjacent to an activating group) is 1. The lowest BCUT2D eigenvalue weighted by Gasteiger charge is -2.35. The average molecular weight is 353 g/mol. The summed E-state index contributed by atoms with van der Waals surface area (Å²) in [5, 5.41) is 12.6. The summed E-state index contributed by atoms with van der Waals surface area (Å²) in [5.74, 6) is 0.616. The fraction of sp³-hybridized carbons (Fsp3) is 0.421. The Morgan fingerprint density at radius 2 is 2.08 bits per heavy atom. The summed E-state index contributed by atoms with van der Waals surface area (Å²) in [6.07, 6.45) is 2.06. The van der Waals surface area contributed by atoms with Crippen LogP contribution in [0.3, 0.4) is 0 Å². The van der Waals surface area contributed by atoms with E-state index < -0.39 is 0 Å². The Kier molecular flexibility index (Phi) is 5.24. The van der Waals surface area contributed by atoms with Gasteiger partial charge in [-0.05, 0) is 31.5 Å². The minimum Gasteiger partial charge on any atom is -0.356 e. The van der Waals surface area contributed by atoms with Crippen molar-refractivity contribution in [2.45, 2.75) is 25.4 Å². The number of benzene rings is 1. The van der Waals surface area contributed by atoms with Crippen molar-refractivity contribution in [1.82, 2.24) is 14.5 Å². The Bertz CT molecular complexity index is 954. The maximum absolute atomic E-state index is 12.8. The van der Waals surface area contributed by atoms with Crippen LogP contribution in [0, 0.1) is 11.3 Å². The molecule has 0 spiro atoms. The Balaban J connectivity index is 2.09. The summed E-state index contributed by atoms with van der Waals surface area (Å²) < 4.78 is 2.70. The molecule has 26 heavy (non-hydrogen) atoms. The van der Waals surface area contributed by atoms with Gasteiger partial charge < -0.3 is 10.2 Å². The third-order valence-corrected chi connectivity index (χ3v) is 5.00. The molecule has 0 amide bonds. The zero-order valence-corrected chi connectivity index (χ0v) is 15.1. The number of hydrogen-bond donors (Lipinski definition) is 1. The van der Waals surface area contributed by atoms with Gasteiger partial charge in [0.15, 0.2) is 0 Å². The molecular weight excluding hydrogens is 330 g/mol. The van der Waals surface area contributed by atoms with Gasteiger partial charge in [-0.3, -0.25) is 13.9 Å². The predicted molar refractivity (Wildman–Crippen MR) is 100 cm³/mol. The zero-order valence-electron chi connectivity index (χ0n) is 15.1. The van der Waals surface area contributed by atoms with Crippen LogP contribution in [-0.2, 0) is 13.6 Å². The third kappa shape index (κ3) is 3.41. The summed E-state index contributed by atoms with van der Waals surface area (Å²) in [6.45, 7) is 1.79. The Morgan fingerprint density at radius 3 is 2.81 bits per heavy atom. The van der Waals surface area contributed by atoms with Crippen LogP contribution in [-0.4, -0.2) is 35.3 Å². The smallest absolute Gasteiger partial charge is 0.332 e. The molecule has 7 heteroatoms. The Hall–Kier alpha value is -2.85. The van der Waals surface area contributed by atoms with Crippen LogP contribution in [0.4, 0.5) is 5.82 Å². The van der Waals surface area contributed by atoms with Crippen LogP contribution >= 0.6 is 0 Å². The first-order valence-electron chi connectivity index (χ1n) is 8.76. The van der Waals surface area contributed by atoms with Crippen molar-refractivity contribution < 1.29 is 0 Å². The monoisotopic (exact) mass is 353 g/mol. The lowest BCUT2D eigenvalue weighted by Crippen LogP contribution is -2.48. The van der Waals surface area contributed by atoms with Gasteiger partial charge in [-0.2, -0.15) is 5.26 Å². The largest absolute Gasteiger partial charge is 0.356 e. The normalized spacial score (nSPS) is 17.1. The number of rotatable bonds is 4. The van der Waals surface area contributed by atoms with Gasteiger partial charge in [-0.15, -0.1) is 0 Å². The highest BCUT2D eigenvalue weighted by Gasteiger charge is 2.23. The topological polar surface area (TPSA) is 83.1 Å². The lowest BCUT2D eigenvalue weighted by atomic mass is 10.1. The molecule has 1 N–H and O–H groups in total. The molecule has 136 valence electrons. The molecule has 2 heterocycles. The Morgan fingerprint density at radius 1 is 1.31 bits per heavy atom. The number of nitrogens with zero attached hydrogens (tertiary/aromatic N) is 4. The molecule has 7 nitrogen and oxygen atoms in total. The van der Waals surface area contributed by atoms with E-state index in [1.807, 2.05) is 19.2 Å². The molecule has 0 radical (unpaired) electrons. The summed E-state index contributed by atoms with van der Waals surface area (Å²) in [5.41, 5.74) is 0.610. The highest BCUT2D eigenvalue weighted by atomic mass is 16.2. The summed E-state index contributed by atoms with van der Waals surface area (Å²) in [6, 6.07) is 11.2. The third-order valence-electron chi connectivity index (χ3n) is 5.00. The van der Waals surface area contributed by atoms with Crippen LogP contribution < -0.4 is 21.5 Å². The van der Waals surface area contributed by atoms with Crippen LogP contribution in [0.15, 0.2) is 39.9 Å². The molecule has 1 aliphatic rings. The van der Waals surface area contributed by atoms with E-state index in [-0.39, 0.29) is 17.8 Å². The van der Waals surface area contributed by atoms with E-state index in [0.717, 1.165) is 36.1 Å². The fourth-order valence-electron chi connectivity index (χ4n) is 3.43. The van der Waals surface area contributed by atoms with Crippen LogP contribution in [0.2, 0.25) is 0 Å². The van der Waals surface area contributed by atoms with E-state index in [1.54, 1.807) is 16.7 Å². The maximum Gasteiger partial charge on any atom is 0.332 e. The maximum atomic E-state index is 12.8. The molecule has 1 aromatic carbocycles. The Labute approximate surface area is 152 Å². The lowest BCUT2D eigenvalue weighted by molar-refractivity contribution is 0.441. The number of anilines is 1. The van der Waals surface area contributed by atoms with Crippen molar-refractivity contribution in [3.05, 3.63) is 62.3 Å². The molecule has 1 fully saturated rings. The highest BCUT2D eigenvalue weighted by molar-refractivity contribution is 5.42. The molecule has 1 unspecified atom stereocenters. The molecule has 3 rings (SSSR count). The van der Waals surface area contributed by atoms with E-state index in [4.69, 9.17) is 0 Å². The van der Waals surface area contributed by atoms with Crippen LogP contribution in [0.1, 0.15) is 24.0 Å². The van der Waals surface area contributed by atoms with Gasteiger partial charge in [0.1, 0.15) is 5.82 Å². The van der Waals surface area contributed by atoms with Gasteiger partial charge in [0.05, 0.1) is 18.2 Å². The SMILES string of the molecule is CNC1CCCN(c2cc(=O)n(C)c(=O)n2Cc2ccccc2C#N)C1. The minimum atomic E-state index is -0.369. The highest BCUT2D eigenvalue weighted by Crippen LogP contribution is 2.19. The zero-order chi connectivity index (χ0) is 18.7. The van der Waals surface area contributed by atoms with Crippen LogP contribution in [0.25, 0.3) is 0 Å². The first kappa shape index (κ1) is 18.0. The summed E-state index contributed by atoms with van der Waals surface area (Å²) in [4.78, 5) is 27.1. The van der Waals surface area contributed by atoms with Crippen molar-refractivity contribution in [1.29, 1.82) is 5.26 Å². The van der Waals surface area contributed by atoms with Crippen LogP contribution in [0.5, 0.6) is 0 Å². The average Bonchev–Trinajstić information content (AvgIpc) is 2.68. The van der Waals surface area contributed by atoms with Gasteiger partial charge in [-0.25, -0.2) is 4.79 Å². The number of aromatic nitrogens is 2. The van der Waals surface area contributed by atoms with E-state index in [1.165, 1.54) is 13.1 Å². The van der Waals surface area contributed by atoms with Crippen molar-refractivity contribution in [3.8, 4) is 6.07 Å². The van der Waals surface area contributed by atoms with Crippen molar-refractivity contribution in [3.63, 3.8) is 0 Å². The van der Waals surface area contributed by atoms with Gasteiger partial charge >= 0.3 is 5.69 Å². The van der Waals surface area contributed by atoms with Gasteiger partial charge in [-0.1, -0.05) is 18.2 Å². The van der Waals surface area contributed by atoms with Gasteiger partial charge in [0.2, 0.25) is 0 Å². The minimum absolute atomic E-state index is 0.257. The summed E-state index contributed by atoms with van der Waals surface area (Å²) >= 11 is 0. The van der Waals surface area contributed by atoms with E-state index >= 15 is 0 Å².